The molecule has 2 heterocycles. The molecular weight excluding hydrogens is 264 g/mol. The van der Waals surface area contributed by atoms with Crippen LogP contribution in [0.25, 0.3) is 11.3 Å². The van der Waals surface area contributed by atoms with Crippen molar-refractivity contribution in [1.82, 2.24) is 9.78 Å². The molecule has 1 aliphatic heterocycles. The molecular formula is C17H20N2O2. The molecule has 2 aromatic rings. The second kappa shape index (κ2) is 5.82. The van der Waals surface area contributed by atoms with E-state index >= 15 is 0 Å². The lowest BCUT2D eigenvalue weighted by Crippen LogP contribution is -2.20. The molecule has 1 aliphatic rings. The molecule has 0 radical (unpaired) electrons. The van der Waals surface area contributed by atoms with Crippen molar-refractivity contribution in [3.05, 3.63) is 41.6 Å². The number of nitrogens with zero attached hydrogens (tertiary/aromatic N) is 2. The van der Waals surface area contributed by atoms with Gasteiger partial charge in [0.25, 0.3) is 0 Å². The van der Waals surface area contributed by atoms with Gasteiger partial charge in [-0.2, -0.15) is 5.10 Å². The number of ether oxygens (including phenoxy) is 1. The number of hydrogen-bond donors (Lipinski definition) is 0. The van der Waals surface area contributed by atoms with Crippen molar-refractivity contribution in [2.24, 2.45) is 0 Å². The van der Waals surface area contributed by atoms with Crippen LogP contribution in [0.4, 0.5) is 0 Å². The Morgan fingerprint density at radius 2 is 2.05 bits per heavy atom. The van der Waals surface area contributed by atoms with E-state index in [0.29, 0.717) is 0 Å². The van der Waals surface area contributed by atoms with Crippen LogP contribution in [0.3, 0.4) is 0 Å². The summed E-state index contributed by atoms with van der Waals surface area (Å²) >= 11 is 0. The number of aromatic nitrogens is 2. The highest BCUT2D eigenvalue weighted by atomic mass is 16.5. The van der Waals surface area contributed by atoms with Crippen LogP contribution >= 0.6 is 0 Å². The number of benzene rings is 1. The normalized spacial score (nSPS) is 18.7. The summed E-state index contributed by atoms with van der Waals surface area (Å²) in [6, 6.07) is 9.76. The maximum Gasteiger partial charge on any atom is 0.159 e. The first-order valence-corrected chi connectivity index (χ1v) is 7.44. The first-order chi connectivity index (χ1) is 10.1. The first kappa shape index (κ1) is 14.0. The summed E-state index contributed by atoms with van der Waals surface area (Å²) in [4.78, 5) is 11.4. The van der Waals surface area contributed by atoms with E-state index in [0.717, 1.165) is 42.0 Å². The van der Waals surface area contributed by atoms with E-state index in [1.54, 1.807) is 6.92 Å². The topological polar surface area (TPSA) is 44.1 Å². The highest BCUT2D eigenvalue weighted by molar-refractivity contribution is 5.94. The predicted octanol–water partition coefficient (Wildman–Crippen LogP) is 3.76. The predicted molar refractivity (Wildman–Crippen MR) is 81.2 cm³/mol. The second-order valence-corrected chi connectivity index (χ2v) is 5.57. The van der Waals surface area contributed by atoms with Crippen molar-refractivity contribution >= 4 is 5.78 Å². The van der Waals surface area contributed by atoms with Gasteiger partial charge >= 0.3 is 0 Å². The molecule has 110 valence electrons. The first-order valence-electron chi connectivity index (χ1n) is 7.44. The van der Waals surface area contributed by atoms with Crippen LogP contribution in [0.1, 0.15) is 48.5 Å². The zero-order valence-corrected chi connectivity index (χ0v) is 12.5. The van der Waals surface area contributed by atoms with Gasteiger partial charge in [0, 0.05) is 12.2 Å². The number of ketones is 1. The summed E-state index contributed by atoms with van der Waals surface area (Å²) in [7, 11) is 0. The fourth-order valence-electron chi connectivity index (χ4n) is 2.74. The van der Waals surface area contributed by atoms with Gasteiger partial charge in [0.15, 0.2) is 12.0 Å². The van der Waals surface area contributed by atoms with Crippen molar-refractivity contribution in [3.63, 3.8) is 0 Å². The Morgan fingerprint density at radius 1 is 1.29 bits per heavy atom. The van der Waals surface area contributed by atoms with Crippen LogP contribution in [-0.4, -0.2) is 22.2 Å². The highest BCUT2D eigenvalue weighted by Gasteiger charge is 2.20. The molecule has 1 fully saturated rings. The minimum Gasteiger partial charge on any atom is -0.356 e. The van der Waals surface area contributed by atoms with Gasteiger partial charge in [-0.3, -0.25) is 4.79 Å². The smallest absolute Gasteiger partial charge is 0.159 e. The van der Waals surface area contributed by atoms with E-state index in [-0.39, 0.29) is 12.0 Å². The third kappa shape index (κ3) is 2.90. The zero-order valence-electron chi connectivity index (χ0n) is 12.5. The summed E-state index contributed by atoms with van der Waals surface area (Å²) in [5.74, 6) is 0.0850. The second-order valence-electron chi connectivity index (χ2n) is 5.57. The average Bonchev–Trinajstić information content (AvgIpc) is 2.90. The van der Waals surface area contributed by atoms with Crippen LogP contribution in [0, 0.1) is 6.92 Å². The quantitative estimate of drug-likeness (QED) is 0.806. The van der Waals surface area contributed by atoms with Crippen LogP contribution in [0.2, 0.25) is 0 Å². The Morgan fingerprint density at radius 3 is 2.67 bits per heavy atom. The Bertz CT molecular complexity index is 637. The van der Waals surface area contributed by atoms with Crippen molar-refractivity contribution in [2.45, 2.75) is 39.3 Å². The Balaban J connectivity index is 1.95. The molecule has 1 unspecified atom stereocenters. The molecule has 1 aromatic heterocycles. The number of aryl methyl sites for hydroxylation is 1. The van der Waals surface area contributed by atoms with Crippen molar-refractivity contribution in [1.29, 1.82) is 0 Å². The van der Waals surface area contributed by atoms with E-state index in [4.69, 9.17) is 4.74 Å². The molecule has 0 amide bonds. The van der Waals surface area contributed by atoms with Crippen LogP contribution in [-0.2, 0) is 4.74 Å². The SMILES string of the molecule is CC(=O)c1ccc(-c2cc(C)nn2C2CCCCO2)cc1. The number of rotatable bonds is 3. The number of carbonyl (C=O) groups excluding carboxylic acids is 1. The molecule has 3 rings (SSSR count). The number of Topliss-reactive ketones (excluding diaryl/α,β-unsaturated/α-hetero) is 1. The number of hydrogen-bond acceptors (Lipinski definition) is 3. The third-order valence-corrected chi connectivity index (χ3v) is 3.87. The maximum atomic E-state index is 11.4. The van der Waals surface area contributed by atoms with Gasteiger partial charge in [0.1, 0.15) is 0 Å². The Labute approximate surface area is 124 Å². The average molecular weight is 284 g/mol. The van der Waals surface area contributed by atoms with Crippen molar-refractivity contribution < 1.29 is 9.53 Å². The molecule has 0 spiro atoms. The lowest BCUT2D eigenvalue weighted by Gasteiger charge is -2.24. The molecule has 1 saturated heterocycles. The summed E-state index contributed by atoms with van der Waals surface area (Å²) < 4.78 is 7.83. The largest absolute Gasteiger partial charge is 0.356 e. The molecule has 0 saturated carbocycles. The zero-order chi connectivity index (χ0) is 14.8. The van der Waals surface area contributed by atoms with Crippen molar-refractivity contribution in [2.75, 3.05) is 6.61 Å². The molecule has 1 atom stereocenters. The van der Waals surface area contributed by atoms with E-state index in [1.807, 2.05) is 35.9 Å². The van der Waals surface area contributed by atoms with Gasteiger partial charge in [0.05, 0.1) is 11.4 Å². The maximum absolute atomic E-state index is 11.4. The summed E-state index contributed by atoms with van der Waals surface area (Å²) in [6.07, 6.45) is 3.32. The molecule has 1 aromatic carbocycles. The van der Waals surface area contributed by atoms with Crippen LogP contribution in [0.5, 0.6) is 0 Å². The molecule has 21 heavy (non-hydrogen) atoms. The Kier molecular flexibility index (Phi) is 3.88. The fourth-order valence-corrected chi connectivity index (χ4v) is 2.74. The lowest BCUT2D eigenvalue weighted by molar-refractivity contribution is -0.0385. The highest BCUT2D eigenvalue weighted by Crippen LogP contribution is 2.29. The molecule has 0 bridgehead atoms. The van der Waals surface area contributed by atoms with Gasteiger partial charge in [-0.25, -0.2) is 4.68 Å². The van der Waals surface area contributed by atoms with Crippen LogP contribution < -0.4 is 0 Å². The van der Waals surface area contributed by atoms with E-state index in [2.05, 4.69) is 11.2 Å². The van der Waals surface area contributed by atoms with Gasteiger partial charge in [-0.15, -0.1) is 0 Å². The monoisotopic (exact) mass is 284 g/mol. The van der Waals surface area contributed by atoms with E-state index in [1.165, 1.54) is 6.42 Å². The van der Waals surface area contributed by atoms with E-state index in [9.17, 15) is 4.79 Å². The Hall–Kier alpha value is -1.94. The van der Waals surface area contributed by atoms with Gasteiger partial charge in [0.2, 0.25) is 0 Å². The van der Waals surface area contributed by atoms with Crippen molar-refractivity contribution in [3.8, 4) is 11.3 Å². The summed E-state index contributed by atoms with van der Waals surface area (Å²) in [6.45, 7) is 4.37. The number of carbonyl (C=O) groups is 1. The van der Waals surface area contributed by atoms with Gasteiger partial charge < -0.3 is 4.74 Å². The minimum atomic E-state index is 0.0231. The van der Waals surface area contributed by atoms with Crippen LogP contribution in [0.15, 0.2) is 30.3 Å². The summed E-state index contributed by atoms with van der Waals surface area (Å²) in [5, 5.41) is 4.59. The molecule has 4 nitrogen and oxygen atoms in total. The lowest BCUT2D eigenvalue weighted by atomic mass is 10.1. The van der Waals surface area contributed by atoms with E-state index < -0.39 is 0 Å². The molecule has 0 aliphatic carbocycles. The fraction of sp³-hybridized carbons (Fsp3) is 0.412. The van der Waals surface area contributed by atoms with Gasteiger partial charge in [-0.1, -0.05) is 24.3 Å². The molecule has 0 N–H and O–H groups in total. The molecule has 4 heteroatoms. The third-order valence-electron chi connectivity index (χ3n) is 3.87. The minimum absolute atomic E-state index is 0.0231. The standard InChI is InChI=1S/C17H20N2O2/c1-12-11-16(15-8-6-14(7-9-15)13(2)20)19(18-12)17-5-3-4-10-21-17/h6-9,11,17H,3-5,10H2,1-2H3. The van der Waals surface area contributed by atoms with Gasteiger partial charge in [-0.05, 0) is 44.7 Å². The summed E-state index contributed by atoms with van der Waals surface area (Å²) in [5.41, 5.74) is 3.83.